The molecule has 2 aromatic rings. The van der Waals surface area contributed by atoms with Crippen molar-refractivity contribution in [1.82, 2.24) is 14.8 Å². The van der Waals surface area contributed by atoms with Crippen LogP contribution in [0.3, 0.4) is 0 Å². The monoisotopic (exact) mass is 241 g/mol. The number of fused-ring (bicyclic) bond motifs is 1. The fraction of sp³-hybridized carbons (Fsp3) is 0.357. The summed E-state index contributed by atoms with van der Waals surface area (Å²) in [6.07, 6.45) is 1.68. The maximum Gasteiger partial charge on any atom is 0.214 e. The van der Waals surface area contributed by atoms with E-state index in [0.717, 1.165) is 12.2 Å². The highest BCUT2D eigenvalue weighted by Crippen LogP contribution is 2.42. The minimum atomic E-state index is -0.0469. The van der Waals surface area contributed by atoms with E-state index < -0.39 is 0 Å². The van der Waals surface area contributed by atoms with E-state index in [4.69, 9.17) is 0 Å². The van der Waals surface area contributed by atoms with Gasteiger partial charge in [0, 0.05) is 5.41 Å². The van der Waals surface area contributed by atoms with Crippen molar-refractivity contribution in [2.45, 2.75) is 31.7 Å². The zero-order valence-corrected chi connectivity index (χ0v) is 10.5. The molecule has 1 aliphatic heterocycles. The van der Waals surface area contributed by atoms with Crippen LogP contribution in [0.2, 0.25) is 0 Å². The third-order valence-corrected chi connectivity index (χ3v) is 3.54. The van der Waals surface area contributed by atoms with Crippen LogP contribution in [-0.4, -0.2) is 21.1 Å². The Morgan fingerprint density at radius 3 is 2.72 bits per heavy atom. The summed E-state index contributed by atoms with van der Waals surface area (Å²) < 4.78 is 1.90. The van der Waals surface area contributed by atoms with Crippen LogP contribution in [0.15, 0.2) is 30.3 Å². The van der Waals surface area contributed by atoms with Gasteiger partial charge in [-0.1, -0.05) is 44.2 Å². The first-order chi connectivity index (χ1) is 8.62. The molecule has 3 rings (SSSR count). The number of carbonyl (C=O) groups excluding carboxylic acids is 1. The van der Waals surface area contributed by atoms with Crippen LogP contribution in [0, 0.1) is 0 Å². The lowest BCUT2D eigenvalue weighted by molar-refractivity contribution is 0.111. The summed E-state index contributed by atoms with van der Waals surface area (Å²) in [5, 5.41) is 4.30. The molecule has 1 aromatic heterocycles. The van der Waals surface area contributed by atoms with Crippen LogP contribution >= 0.6 is 0 Å². The third kappa shape index (κ3) is 1.56. The molecule has 0 fully saturated rings. The second kappa shape index (κ2) is 3.77. The highest BCUT2D eigenvalue weighted by Gasteiger charge is 2.40. The van der Waals surface area contributed by atoms with E-state index in [2.05, 4.69) is 36.1 Å². The minimum absolute atomic E-state index is 0.0469. The standard InChI is InChI=1S/C14H15N3O/c1-14(2)8-11(10-6-4-3-5-7-10)17-13(14)15-12(9-18)16-17/h3-7,9,11H,8H2,1-2H3. The second-order valence-corrected chi connectivity index (χ2v) is 5.37. The van der Waals surface area contributed by atoms with Gasteiger partial charge in [-0.3, -0.25) is 4.79 Å². The molecule has 1 unspecified atom stereocenters. The Balaban J connectivity index is 2.11. The summed E-state index contributed by atoms with van der Waals surface area (Å²) in [4.78, 5) is 15.1. The maximum absolute atomic E-state index is 10.8. The molecule has 2 heterocycles. The van der Waals surface area contributed by atoms with Gasteiger partial charge in [-0.15, -0.1) is 5.10 Å². The van der Waals surface area contributed by atoms with E-state index in [0.29, 0.717) is 6.29 Å². The summed E-state index contributed by atoms with van der Waals surface area (Å²) in [5.74, 6) is 1.18. The fourth-order valence-electron chi connectivity index (χ4n) is 2.66. The quantitative estimate of drug-likeness (QED) is 0.758. The van der Waals surface area contributed by atoms with Gasteiger partial charge in [-0.25, -0.2) is 9.67 Å². The molecule has 0 radical (unpaired) electrons. The number of hydrogen-bond donors (Lipinski definition) is 0. The second-order valence-electron chi connectivity index (χ2n) is 5.37. The van der Waals surface area contributed by atoms with Crippen molar-refractivity contribution >= 4 is 6.29 Å². The molecule has 1 aromatic carbocycles. The van der Waals surface area contributed by atoms with Gasteiger partial charge in [0.05, 0.1) is 6.04 Å². The van der Waals surface area contributed by atoms with E-state index in [1.807, 2.05) is 22.9 Å². The molecule has 92 valence electrons. The van der Waals surface area contributed by atoms with Gasteiger partial charge in [-0.05, 0) is 12.0 Å². The molecular weight excluding hydrogens is 226 g/mol. The van der Waals surface area contributed by atoms with Crippen molar-refractivity contribution in [3.05, 3.63) is 47.5 Å². The summed E-state index contributed by atoms with van der Waals surface area (Å²) in [7, 11) is 0. The van der Waals surface area contributed by atoms with Crippen LogP contribution in [0.4, 0.5) is 0 Å². The molecule has 0 spiro atoms. The average molecular weight is 241 g/mol. The van der Waals surface area contributed by atoms with Crippen LogP contribution < -0.4 is 0 Å². The van der Waals surface area contributed by atoms with Gasteiger partial charge in [0.15, 0.2) is 6.29 Å². The highest BCUT2D eigenvalue weighted by molar-refractivity contribution is 5.68. The first kappa shape index (κ1) is 11.1. The van der Waals surface area contributed by atoms with Gasteiger partial charge >= 0.3 is 0 Å². The smallest absolute Gasteiger partial charge is 0.214 e. The molecule has 1 aliphatic rings. The summed E-state index contributed by atoms with van der Waals surface area (Å²) in [6.45, 7) is 4.29. The number of aromatic nitrogens is 3. The van der Waals surface area contributed by atoms with Gasteiger partial charge in [0.25, 0.3) is 0 Å². The van der Waals surface area contributed by atoms with E-state index in [1.54, 1.807) is 0 Å². The Morgan fingerprint density at radius 1 is 1.33 bits per heavy atom. The molecule has 0 saturated heterocycles. The predicted octanol–water partition coefficient (Wildman–Crippen LogP) is 2.36. The predicted molar refractivity (Wildman–Crippen MR) is 67.6 cm³/mol. The lowest BCUT2D eigenvalue weighted by Gasteiger charge is -2.16. The van der Waals surface area contributed by atoms with Gasteiger partial charge < -0.3 is 0 Å². The average Bonchev–Trinajstić information content (AvgIpc) is 2.90. The molecule has 18 heavy (non-hydrogen) atoms. The van der Waals surface area contributed by atoms with Crippen molar-refractivity contribution in [2.75, 3.05) is 0 Å². The number of hydrogen-bond acceptors (Lipinski definition) is 3. The van der Waals surface area contributed by atoms with Gasteiger partial charge in [0.1, 0.15) is 5.82 Å². The molecular formula is C14H15N3O. The summed E-state index contributed by atoms with van der Waals surface area (Å²) in [6, 6.07) is 10.4. The van der Waals surface area contributed by atoms with Crippen molar-refractivity contribution in [3.8, 4) is 0 Å². The zero-order chi connectivity index (χ0) is 12.8. The van der Waals surface area contributed by atoms with Crippen LogP contribution in [-0.2, 0) is 5.41 Å². The molecule has 0 N–H and O–H groups in total. The maximum atomic E-state index is 10.8. The number of aldehydes is 1. The van der Waals surface area contributed by atoms with Crippen molar-refractivity contribution in [2.24, 2.45) is 0 Å². The molecule has 4 heteroatoms. The Hall–Kier alpha value is -1.97. The van der Waals surface area contributed by atoms with E-state index in [9.17, 15) is 4.79 Å². The van der Waals surface area contributed by atoms with Gasteiger partial charge in [-0.2, -0.15) is 0 Å². The largest absolute Gasteiger partial charge is 0.294 e. The van der Waals surface area contributed by atoms with Crippen LogP contribution in [0.25, 0.3) is 0 Å². The van der Waals surface area contributed by atoms with Crippen molar-refractivity contribution in [3.63, 3.8) is 0 Å². The minimum Gasteiger partial charge on any atom is -0.294 e. The van der Waals surface area contributed by atoms with E-state index in [-0.39, 0.29) is 17.3 Å². The molecule has 0 amide bonds. The summed E-state index contributed by atoms with van der Waals surface area (Å²) in [5.41, 5.74) is 1.17. The molecule has 4 nitrogen and oxygen atoms in total. The number of nitrogens with zero attached hydrogens (tertiary/aromatic N) is 3. The third-order valence-electron chi connectivity index (χ3n) is 3.54. The summed E-state index contributed by atoms with van der Waals surface area (Å²) >= 11 is 0. The topological polar surface area (TPSA) is 47.8 Å². The van der Waals surface area contributed by atoms with Gasteiger partial charge in [0.2, 0.25) is 5.82 Å². The Bertz CT molecular complexity index is 586. The molecule has 0 saturated carbocycles. The lowest BCUT2D eigenvalue weighted by atomic mass is 9.87. The number of benzene rings is 1. The van der Waals surface area contributed by atoms with E-state index in [1.165, 1.54) is 5.56 Å². The van der Waals surface area contributed by atoms with Crippen molar-refractivity contribution in [1.29, 1.82) is 0 Å². The fourth-order valence-corrected chi connectivity index (χ4v) is 2.66. The van der Waals surface area contributed by atoms with E-state index >= 15 is 0 Å². The number of rotatable bonds is 2. The van der Waals surface area contributed by atoms with Crippen LogP contribution in [0.5, 0.6) is 0 Å². The molecule has 1 atom stereocenters. The lowest BCUT2D eigenvalue weighted by Crippen LogP contribution is -2.14. The first-order valence-electron chi connectivity index (χ1n) is 6.09. The highest BCUT2D eigenvalue weighted by atomic mass is 16.1. The number of carbonyl (C=O) groups is 1. The molecule has 0 aliphatic carbocycles. The SMILES string of the molecule is CC1(C)CC(c2ccccc2)n2nc(C=O)nc21. The first-order valence-corrected chi connectivity index (χ1v) is 6.09. The zero-order valence-electron chi connectivity index (χ0n) is 10.5. The normalized spacial score (nSPS) is 20.7. The Labute approximate surface area is 106 Å². The molecule has 0 bridgehead atoms. The Kier molecular flexibility index (Phi) is 2.33. The van der Waals surface area contributed by atoms with Crippen molar-refractivity contribution < 1.29 is 4.79 Å². The Morgan fingerprint density at radius 2 is 2.06 bits per heavy atom. The van der Waals surface area contributed by atoms with Crippen LogP contribution in [0.1, 0.15) is 48.3 Å².